The summed E-state index contributed by atoms with van der Waals surface area (Å²) in [6.07, 6.45) is 1.30. The summed E-state index contributed by atoms with van der Waals surface area (Å²) in [5, 5.41) is 11.9. The average molecular weight is 288 g/mol. The van der Waals surface area contributed by atoms with Crippen molar-refractivity contribution in [3.8, 4) is 0 Å². The maximum Gasteiger partial charge on any atom is 0.244 e. The van der Waals surface area contributed by atoms with Gasteiger partial charge in [-0.15, -0.1) is 11.8 Å². The molecule has 2 aliphatic rings. The van der Waals surface area contributed by atoms with Gasteiger partial charge in [0.1, 0.15) is 6.04 Å². The van der Waals surface area contributed by atoms with E-state index in [0.29, 0.717) is 12.2 Å². The Morgan fingerprint density at radius 1 is 1.74 bits per heavy atom. The van der Waals surface area contributed by atoms with Crippen LogP contribution in [0.4, 0.5) is 0 Å². The molecule has 2 N–H and O–H groups in total. The number of aliphatic hydroxyl groups is 1. The van der Waals surface area contributed by atoms with Gasteiger partial charge in [0.15, 0.2) is 0 Å². The Bertz CT molecular complexity index is 379. The Labute approximate surface area is 116 Å². The Morgan fingerprint density at radius 2 is 2.47 bits per heavy atom. The summed E-state index contributed by atoms with van der Waals surface area (Å²) < 4.78 is 4.93. The molecule has 2 fully saturated rings. The van der Waals surface area contributed by atoms with Gasteiger partial charge in [0.2, 0.25) is 11.8 Å². The Kier molecular flexibility index (Phi) is 4.37. The summed E-state index contributed by atoms with van der Waals surface area (Å²) in [7, 11) is 1.52. The molecule has 2 unspecified atom stereocenters. The zero-order valence-electron chi connectivity index (χ0n) is 11.2. The van der Waals surface area contributed by atoms with Crippen LogP contribution < -0.4 is 5.32 Å². The van der Waals surface area contributed by atoms with Gasteiger partial charge in [0.25, 0.3) is 0 Å². The van der Waals surface area contributed by atoms with Crippen molar-refractivity contribution in [2.24, 2.45) is 0 Å². The molecule has 108 valence electrons. The number of rotatable bonds is 5. The van der Waals surface area contributed by atoms with Crippen molar-refractivity contribution in [2.75, 3.05) is 26.1 Å². The molecule has 0 saturated carbocycles. The largest absolute Gasteiger partial charge is 0.394 e. The number of thioether (sulfide) groups is 1. The van der Waals surface area contributed by atoms with E-state index in [0.717, 1.165) is 6.42 Å². The highest BCUT2D eigenvalue weighted by atomic mass is 32.2. The van der Waals surface area contributed by atoms with Crippen LogP contribution in [0.25, 0.3) is 0 Å². The van der Waals surface area contributed by atoms with Crippen molar-refractivity contribution in [1.82, 2.24) is 10.2 Å². The van der Waals surface area contributed by atoms with Gasteiger partial charge in [-0.1, -0.05) is 0 Å². The molecule has 0 aromatic carbocycles. The molecule has 0 spiro atoms. The first-order chi connectivity index (χ1) is 9.01. The first kappa shape index (κ1) is 14.6. The number of nitrogens with one attached hydrogen (secondary N) is 1. The van der Waals surface area contributed by atoms with Crippen LogP contribution in [0.15, 0.2) is 0 Å². The van der Waals surface area contributed by atoms with E-state index in [2.05, 4.69) is 5.32 Å². The second-order valence-electron chi connectivity index (χ2n) is 5.11. The van der Waals surface area contributed by atoms with E-state index >= 15 is 0 Å². The third-order valence-electron chi connectivity index (χ3n) is 3.68. The van der Waals surface area contributed by atoms with Gasteiger partial charge in [-0.2, -0.15) is 0 Å². The first-order valence-electron chi connectivity index (χ1n) is 6.38. The van der Waals surface area contributed by atoms with Crippen molar-refractivity contribution >= 4 is 23.6 Å². The van der Waals surface area contributed by atoms with Gasteiger partial charge in [-0.3, -0.25) is 9.59 Å². The minimum Gasteiger partial charge on any atom is -0.394 e. The van der Waals surface area contributed by atoms with Gasteiger partial charge < -0.3 is 20.1 Å². The highest BCUT2D eigenvalue weighted by Crippen LogP contribution is 2.47. The predicted octanol–water partition coefficient (Wildman–Crippen LogP) is -0.436. The van der Waals surface area contributed by atoms with Crippen LogP contribution in [0.5, 0.6) is 0 Å². The Hall–Kier alpha value is -0.790. The number of hydrogen-bond donors (Lipinski definition) is 2. The molecule has 6 nitrogen and oxygen atoms in total. The molecule has 2 amide bonds. The number of amides is 2. The number of hydrogen-bond acceptors (Lipinski definition) is 5. The summed E-state index contributed by atoms with van der Waals surface area (Å²) in [5.41, 5.74) is 0. The molecule has 2 aliphatic heterocycles. The van der Waals surface area contributed by atoms with Gasteiger partial charge in [-0.05, 0) is 13.3 Å². The van der Waals surface area contributed by atoms with E-state index in [4.69, 9.17) is 9.84 Å². The van der Waals surface area contributed by atoms with Crippen molar-refractivity contribution < 1.29 is 19.4 Å². The number of methoxy groups -OCH3 is 1. The number of carbonyl (C=O) groups excluding carboxylic acids is 2. The fraction of sp³-hybridized carbons (Fsp3) is 0.833. The summed E-state index contributed by atoms with van der Waals surface area (Å²) in [6, 6.07) is -0.858. The lowest BCUT2D eigenvalue weighted by Crippen LogP contribution is -2.53. The fourth-order valence-electron chi connectivity index (χ4n) is 2.65. The lowest BCUT2D eigenvalue weighted by Gasteiger charge is -2.30. The zero-order chi connectivity index (χ0) is 14.0. The lowest BCUT2D eigenvalue weighted by molar-refractivity contribution is -0.138. The maximum atomic E-state index is 12.2. The van der Waals surface area contributed by atoms with Crippen LogP contribution in [-0.4, -0.2) is 64.9 Å². The third-order valence-corrected chi connectivity index (χ3v) is 5.19. The third kappa shape index (κ3) is 2.73. The molecule has 19 heavy (non-hydrogen) atoms. The lowest BCUT2D eigenvalue weighted by atomic mass is 10.2. The van der Waals surface area contributed by atoms with Crippen LogP contribution in [0.1, 0.15) is 19.8 Å². The monoisotopic (exact) mass is 288 g/mol. The predicted molar refractivity (Wildman–Crippen MR) is 71.6 cm³/mol. The van der Waals surface area contributed by atoms with E-state index in [1.54, 1.807) is 16.7 Å². The minimum atomic E-state index is -0.434. The molecule has 7 heteroatoms. The summed E-state index contributed by atoms with van der Waals surface area (Å²) >= 11 is 1.65. The van der Waals surface area contributed by atoms with Crippen molar-refractivity contribution in [1.29, 1.82) is 0 Å². The molecule has 0 aromatic rings. The quantitative estimate of drug-likeness (QED) is 0.717. The highest BCUT2D eigenvalue weighted by Gasteiger charge is 2.52. The summed E-state index contributed by atoms with van der Waals surface area (Å²) in [4.78, 5) is 25.6. The van der Waals surface area contributed by atoms with Crippen LogP contribution >= 0.6 is 11.8 Å². The second kappa shape index (κ2) is 5.68. The van der Waals surface area contributed by atoms with E-state index in [9.17, 15) is 9.59 Å². The smallest absolute Gasteiger partial charge is 0.244 e. The molecule has 0 aliphatic carbocycles. The van der Waals surface area contributed by atoms with Crippen LogP contribution in [0.3, 0.4) is 0 Å². The molecule has 2 heterocycles. The number of carbonyl (C=O) groups is 2. The van der Waals surface area contributed by atoms with Crippen molar-refractivity contribution in [3.63, 3.8) is 0 Å². The normalized spacial score (nSPS) is 31.4. The van der Waals surface area contributed by atoms with E-state index < -0.39 is 12.1 Å². The average Bonchev–Trinajstić information content (AvgIpc) is 2.86. The van der Waals surface area contributed by atoms with E-state index in [1.165, 1.54) is 7.11 Å². The molecule has 3 atom stereocenters. The summed E-state index contributed by atoms with van der Waals surface area (Å²) in [6.45, 7) is 2.09. The van der Waals surface area contributed by atoms with Crippen LogP contribution in [0.2, 0.25) is 0 Å². The number of aliphatic hydroxyl groups excluding tert-OH is 1. The van der Waals surface area contributed by atoms with Gasteiger partial charge in [0, 0.05) is 19.3 Å². The van der Waals surface area contributed by atoms with Crippen LogP contribution in [0, 0.1) is 0 Å². The molecule has 2 rings (SSSR count). The summed E-state index contributed by atoms with van der Waals surface area (Å²) in [5.74, 6) is 0.446. The van der Waals surface area contributed by atoms with Crippen molar-refractivity contribution in [2.45, 2.75) is 36.7 Å². The van der Waals surface area contributed by atoms with Crippen LogP contribution in [-0.2, 0) is 14.3 Å². The second-order valence-corrected chi connectivity index (χ2v) is 6.61. The molecule has 0 aromatic heterocycles. The molecule has 0 bridgehead atoms. The highest BCUT2D eigenvalue weighted by molar-refractivity contribution is 8.01. The topological polar surface area (TPSA) is 78.9 Å². The van der Waals surface area contributed by atoms with E-state index in [1.807, 2.05) is 6.92 Å². The first-order valence-corrected chi connectivity index (χ1v) is 7.36. The minimum absolute atomic E-state index is 0.0416. The standard InChI is InChI=1S/C12H20N2O4S/c1-12-4-3-10(16)14(12)9(7-19-12)11(17)13-8(5-15)6-18-2/h8-9,15H,3-7H2,1-2H3,(H,13,17)/t8-,9?,12?/m0/s1. The Balaban J connectivity index is 2.02. The molecular formula is C12H20N2O4S. The fourth-order valence-corrected chi connectivity index (χ4v) is 4.09. The maximum absolute atomic E-state index is 12.2. The molecular weight excluding hydrogens is 268 g/mol. The van der Waals surface area contributed by atoms with Gasteiger partial charge in [0.05, 0.1) is 24.1 Å². The SMILES string of the molecule is COC[C@H](CO)NC(=O)C1CSC2(C)CCC(=O)N12. The number of ether oxygens (including phenoxy) is 1. The van der Waals surface area contributed by atoms with Gasteiger partial charge >= 0.3 is 0 Å². The van der Waals surface area contributed by atoms with Gasteiger partial charge in [-0.25, -0.2) is 0 Å². The van der Waals surface area contributed by atoms with Crippen molar-refractivity contribution in [3.05, 3.63) is 0 Å². The number of fused-ring (bicyclic) bond motifs is 1. The molecule has 0 radical (unpaired) electrons. The molecule has 2 saturated heterocycles. The Morgan fingerprint density at radius 3 is 3.11 bits per heavy atom. The number of nitrogens with zero attached hydrogens (tertiary/aromatic N) is 1. The van der Waals surface area contributed by atoms with E-state index in [-0.39, 0.29) is 29.9 Å². The zero-order valence-corrected chi connectivity index (χ0v) is 12.0.